The van der Waals surface area contributed by atoms with E-state index in [-0.39, 0.29) is 34.7 Å². The van der Waals surface area contributed by atoms with Crippen LogP contribution in [0.15, 0.2) is 50.8 Å². The molecule has 3 rings (SSSR count). The molecule has 1 aliphatic rings. The van der Waals surface area contributed by atoms with Crippen molar-refractivity contribution >= 4 is 31.8 Å². The Balaban J connectivity index is 1.74. The van der Waals surface area contributed by atoms with Crippen LogP contribution in [0.2, 0.25) is 0 Å². The monoisotopic (exact) mass is 498 g/mol. The third-order valence-corrected chi connectivity index (χ3v) is 8.93. The number of furan rings is 1. The molecule has 180 valence electrons. The van der Waals surface area contributed by atoms with Crippen LogP contribution in [0.25, 0.3) is 0 Å². The Bertz CT molecular complexity index is 1230. The van der Waals surface area contributed by atoms with Crippen LogP contribution in [-0.2, 0) is 36.2 Å². The lowest BCUT2D eigenvalue weighted by molar-refractivity contribution is -0.151. The molecule has 0 N–H and O–H groups in total. The Morgan fingerprint density at radius 2 is 1.73 bits per heavy atom. The number of piperidine rings is 1. The van der Waals surface area contributed by atoms with Gasteiger partial charge in [0.1, 0.15) is 18.4 Å². The third-order valence-electron chi connectivity index (χ3n) is 5.32. The van der Waals surface area contributed by atoms with Crippen LogP contribution in [0.5, 0.6) is 0 Å². The van der Waals surface area contributed by atoms with Crippen molar-refractivity contribution in [1.82, 2.24) is 8.61 Å². The van der Waals surface area contributed by atoms with Gasteiger partial charge in [0.25, 0.3) is 10.0 Å². The van der Waals surface area contributed by atoms with Gasteiger partial charge in [-0.1, -0.05) is 12.1 Å². The molecule has 0 saturated carbocycles. The van der Waals surface area contributed by atoms with Gasteiger partial charge in [0.2, 0.25) is 15.1 Å². The lowest BCUT2D eigenvalue weighted by Crippen LogP contribution is -2.48. The molecule has 12 heteroatoms. The summed E-state index contributed by atoms with van der Waals surface area (Å²) in [4.78, 5) is 24.2. The Morgan fingerprint density at radius 1 is 1.06 bits per heavy atom. The van der Waals surface area contributed by atoms with Gasteiger partial charge < -0.3 is 9.15 Å². The van der Waals surface area contributed by atoms with Crippen molar-refractivity contribution in [2.45, 2.75) is 48.8 Å². The van der Waals surface area contributed by atoms with E-state index in [0.29, 0.717) is 24.8 Å². The van der Waals surface area contributed by atoms with Crippen molar-refractivity contribution in [1.29, 1.82) is 0 Å². The Hall–Kier alpha value is -2.54. The molecular weight excluding hydrogens is 472 g/mol. The molecule has 0 radical (unpaired) electrons. The first kappa shape index (κ1) is 25.1. The first-order chi connectivity index (χ1) is 15.4. The first-order valence-corrected chi connectivity index (χ1v) is 13.1. The highest BCUT2D eigenvalue weighted by atomic mass is 32.2. The smallest absolute Gasteiger partial charge is 0.324 e. The molecule has 33 heavy (non-hydrogen) atoms. The van der Waals surface area contributed by atoms with Crippen LogP contribution in [0, 0.1) is 0 Å². The van der Waals surface area contributed by atoms with Crippen molar-refractivity contribution in [3.8, 4) is 0 Å². The maximum atomic E-state index is 13.2. The van der Waals surface area contributed by atoms with Gasteiger partial charge in [0.15, 0.2) is 5.78 Å². The van der Waals surface area contributed by atoms with Crippen molar-refractivity contribution in [2.24, 2.45) is 0 Å². The molecule has 1 unspecified atom stereocenters. The zero-order valence-electron chi connectivity index (χ0n) is 18.6. The number of rotatable bonds is 8. The van der Waals surface area contributed by atoms with E-state index in [1.165, 1.54) is 57.4 Å². The fraction of sp³-hybridized carbons (Fsp3) is 0.429. The molecule has 2 heterocycles. The summed E-state index contributed by atoms with van der Waals surface area (Å²) >= 11 is 0. The van der Waals surface area contributed by atoms with Crippen LogP contribution >= 0.6 is 0 Å². The summed E-state index contributed by atoms with van der Waals surface area (Å²) in [5.41, 5.74) is 0.387. The second-order valence-corrected chi connectivity index (χ2v) is 11.8. The van der Waals surface area contributed by atoms with E-state index in [9.17, 15) is 26.4 Å². The zero-order valence-corrected chi connectivity index (χ0v) is 20.2. The summed E-state index contributed by atoms with van der Waals surface area (Å²) in [5.74, 6) is -0.807. The maximum Gasteiger partial charge on any atom is 0.324 e. The van der Waals surface area contributed by atoms with E-state index in [1.807, 2.05) is 0 Å². The van der Waals surface area contributed by atoms with Crippen LogP contribution < -0.4 is 0 Å². The highest BCUT2D eigenvalue weighted by Crippen LogP contribution is 2.27. The second-order valence-electron chi connectivity index (χ2n) is 7.82. The van der Waals surface area contributed by atoms with Crippen LogP contribution in [0.3, 0.4) is 0 Å². The maximum absolute atomic E-state index is 13.2. The minimum atomic E-state index is -3.99. The third kappa shape index (κ3) is 5.35. The van der Waals surface area contributed by atoms with E-state index < -0.39 is 32.1 Å². The Labute approximate surface area is 193 Å². The van der Waals surface area contributed by atoms with Crippen LogP contribution in [0.1, 0.15) is 42.3 Å². The van der Waals surface area contributed by atoms with Crippen LogP contribution in [-0.4, -0.2) is 63.9 Å². The highest BCUT2D eigenvalue weighted by molar-refractivity contribution is 7.89. The van der Waals surface area contributed by atoms with E-state index in [2.05, 4.69) is 0 Å². The zero-order chi connectivity index (χ0) is 24.4. The Morgan fingerprint density at radius 3 is 2.33 bits per heavy atom. The summed E-state index contributed by atoms with van der Waals surface area (Å²) in [6.07, 6.45) is 1.54. The fourth-order valence-electron chi connectivity index (χ4n) is 3.42. The predicted octanol–water partition coefficient (Wildman–Crippen LogP) is 2.02. The van der Waals surface area contributed by atoms with Gasteiger partial charge >= 0.3 is 5.97 Å². The van der Waals surface area contributed by atoms with Crippen molar-refractivity contribution < 1.29 is 35.6 Å². The summed E-state index contributed by atoms with van der Waals surface area (Å²) < 4.78 is 63.2. The fourth-order valence-corrected chi connectivity index (χ4v) is 5.88. The molecule has 1 fully saturated rings. The number of Topliss-reactive ketones (excluding diaryl/α,β-unsaturated/α-hetero) is 1. The molecule has 0 bridgehead atoms. The lowest BCUT2D eigenvalue weighted by Gasteiger charge is -2.33. The molecule has 10 nitrogen and oxygen atoms in total. The molecule has 1 atom stereocenters. The normalized spacial score (nSPS) is 17.8. The SMILES string of the molecule is CC(=O)c1ccc(S(=O)(=O)N2CCCCC2C(=O)OCc2ccc(S(=O)(=O)N(C)C)o2)cc1. The number of sulfonamides is 2. The molecular formula is C21H26N2O8S2. The minimum Gasteiger partial charge on any atom is -0.456 e. The largest absolute Gasteiger partial charge is 0.456 e. The van der Waals surface area contributed by atoms with Gasteiger partial charge in [-0.15, -0.1) is 0 Å². The molecule has 0 spiro atoms. The van der Waals surface area contributed by atoms with Gasteiger partial charge in [0, 0.05) is 26.2 Å². The van der Waals surface area contributed by atoms with Gasteiger partial charge in [0.05, 0.1) is 4.90 Å². The standard InChI is InChI=1S/C21H26N2O8S2/c1-15(24)16-7-10-18(11-8-16)32(26,27)23-13-5-4-6-19(23)21(25)30-14-17-9-12-20(31-17)33(28,29)22(2)3/h7-12,19H,4-6,13-14H2,1-3H3. The summed E-state index contributed by atoms with van der Waals surface area (Å²) in [6, 6.07) is 7.19. The average molecular weight is 499 g/mol. The van der Waals surface area contributed by atoms with E-state index in [4.69, 9.17) is 9.15 Å². The highest BCUT2D eigenvalue weighted by Gasteiger charge is 2.38. The van der Waals surface area contributed by atoms with Crippen LogP contribution in [0.4, 0.5) is 0 Å². The van der Waals surface area contributed by atoms with Crippen molar-refractivity contribution in [3.05, 3.63) is 47.7 Å². The van der Waals surface area contributed by atoms with Gasteiger partial charge in [-0.25, -0.2) is 21.1 Å². The number of carbonyl (C=O) groups is 2. The molecule has 0 amide bonds. The first-order valence-electron chi connectivity index (χ1n) is 10.3. The predicted molar refractivity (Wildman–Crippen MR) is 117 cm³/mol. The molecule has 1 aromatic carbocycles. The van der Waals surface area contributed by atoms with Gasteiger partial charge in [-0.05, 0) is 50.5 Å². The quantitative estimate of drug-likeness (QED) is 0.399. The summed E-state index contributed by atoms with van der Waals surface area (Å²) in [5, 5.41) is -0.283. The molecule has 0 aliphatic carbocycles. The Kier molecular flexibility index (Phi) is 7.42. The summed E-state index contributed by atoms with van der Waals surface area (Å²) in [7, 11) is -5.03. The number of hydrogen-bond acceptors (Lipinski definition) is 8. The number of carbonyl (C=O) groups excluding carboxylic acids is 2. The van der Waals surface area contributed by atoms with Gasteiger partial charge in [-0.2, -0.15) is 4.31 Å². The average Bonchev–Trinajstić information content (AvgIpc) is 3.27. The molecule has 2 aromatic rings. The number of esters is 1. The molecule has 1 aromatic heterocycles. The second kappa shape index (κ2) is 9.75. The number of ketones is 1. The molecule has 1 aliphatic heterocycles. The minimum absolute atomic E-state index is 0.0169. The van der Waals surface area contributed by atoms with E-state index in [0.717, 1.165) is 8.61 Å². The number of hydrogen-bond donors (Lipinski definition) is 0. The lowest BCUT2D eigenvalue weighted by atomic mass is 10.1. The van der Waals surface area contributed by atoms with Crippen molar-refractivity contribution in [3.63, 3.8) is 0 Å². The number of ether oxygens (including phenoxy) is 1. The number of benzene rings is 1. The van der Waals surface area contributed by atoms with Gasteiger partial charge in [-0.3, -0.25) is 9.59 Å². The molecule has 1 saturated heterocycles. The number of nitrogens with zero attached hydrogens (tertiary/aromatic N) is 2. The van der Waals surface area contributed by atoms with E-state index in [1.54, 1.807) is 0 Å². The summed E-state index contributed by atoms with van der Waals surface area (Å²) in [6.45, 7) is 1.21. The van der Waals surface area contributed by atoms with E-state index >= 15 is 0 Å². The van der Waals surface area contributed by atoms with Crippen molar-refractivity contribution in [2.75, 3.05) is 20.6 Å². The topological polar surface area (TPSA) is 131 Å².